The fraction of sp³-hybridized carbons (Fsp3) is 1.00. The highest BCUT2D eigenvalue weighted by atomic mass is 14.0. The monoisotopic (exact) mass is 284 g/mol. The lowest BCUT2D eigenvalue weighted by atomic mass is 10.0. The van der Waals surface area contributed by atoms with Crippen LogP contribution in [-0.2, 0) is 0 Å². The third-order valence-electron chi connectivity index (χ3n) is 4.21. The van der Waals surface area contributed by atoms with Crippen LogP contribution in [0.1, 0.15) is 130 Å². The van der Waals surface area contributed by atoms with Crippen molar-refractivity contribution in [1.82, 2.24) is 0 Å². The van der Waals surface area contributed by atoms with Gasteiger partial charge in [0.15, 0.2) is 0 Å². The summed E-state index contributed by atoms with van der Waals surface area (Å²) in [5.74, 6) is 0. The van der Waals surface area contributed by atoms with E-state index >= 15 is 0 Å². The van der Waals surface area contributed by atoms with Crippen molar-refractivity contribution in [3.05, 3.63) is 0 Å². The fourth-order valence-corrected chi connectivity index (χ4v) is 2.80. The smallest absolute Gasteiger partial charge is 0.0533 e. The van der Waals surface area contributed by atoms with Crippen LogP contribution in [0.15, 0.2) is 0 Å². The van der Waals surface area contributed by atoms with Crippen molar-refractivity contribution in [3.63, 3.8) is 0 Å². The molecule has 0 spiro atoms. The summed E-state index contributed by atoms with van der Waals surface area (Å²) in [5, 5.41) is 0. The molecule has 0 heterocycles. The Kier molecular flexibility index (Phi) is 23.7. The van der Waals surface area contributed by atoms with Crippen LogP contribution in [0.4, 0.5) is 0 Å². The Hall–Kier alpha value is 0. The average molecular weight is 285 g/mol. The lowest BCUT2D eigenvalue weighted by Crippen LogP contribution is -1.83. The lowest BCUT2D eigenvalue weighted by molar-refractivity contribution is 0.529. The van der Waals surface area contributed by atoms with Crippen LogP contribution in [0, 0.1) is 0 Å². The summed E-state index contributed by atoms with van der Waals surface area (Å²) in [5.41, 5.74) is 0. The molecule has 0 saturated carbocycles. The van der Waals surface area contributed by atoms with Crippen molar-refractivity contribution in [3.8, 4) is 0 Å². The summed E-state index contributed by atoms with van der Waals surface area (Å²) in [6, 6.07) is 0. The second kappa shape index (κ2) is 21.3. The second-order valence-corrected chi connectivity index (χ2v) is 6.30. The van der Waals surface area contributed by atoms with Crippen LogP contribution in [-0.4, -0.2) is 0 Å². The Morgan fingerprint density at radius 3 is 0.600 bits per heavy atom. The molecule has 0 atom stereocenters. The van der Waals surface area contributed by atoms with Crippen LogP contribution < -0.4 is 0 Å². The Morgan fingerprint density at radius 2 is 0.450 bits per heavy atom. The van der Waals surface area contributed by atoms with Crippen molar-refractivity contribution in [2.75, 3.05) is 0 Å². The molecule has 0 aliphatic heterocycles. The summed E-state index contributed by atoms with van der Waals surface area (Å²) in [6.07, 6.45) is 24.9. The summed E-state index contributed by atoms with van der Waals surface area (Å²) in [4.78, 5) is 0. The molecular weight excluding hydrogens is 240 g/mol. The second-order valence-electron chi connectivity index (χ2n) is 6.30. The number of rotatable bonds is 16. The molecule has 0 aliphatic carbocycles. The predicted octanol–water partition coefficient (Wildman–Crippen LogP) is 8.29. The topological polar surface area (TPSA) is 0 Å². The molecule has 20 heavy (non-hydrogen) atoms. The highest BCUT2D eigenvalue weighted by Crippen LogP contribution is 2.13. The van der Waals surface area contributed by atoms with Gasteiger partial charge in [-0.25, -0.2) is 0 Å². The number of unbranched alkanes of at least 4 members (excludes halogenated alkanes) is 16. The SMILES string of the molecule is C.CCCCCCCCCCCCCCCCCCC. The van der Waals surface area contributed by atoms with Crippen molar-refractivity contribution in [2.45, 2.75) is 130 Å². The molecule has 0 amide bonds. The van der Waals surface area contributed by atoms with Gasteiger partial charge in [0.05, 0.1) is 0 Å². The van der Waals surface area contributed by atoms with Crippen molar-refractivity contribution in [2.24, 2.45) is 0 Å². The van der Waals surface area contributed by atoms with E-state index in [4.69, 9.17) is 0 Å². The zero-order valence-corrected chi connectivity index (χ0v) is 14.0. The van der Waals surface area contributed by atoms with Crippen LogP contribution >= 0.6 is 0 Å². The average Bonchev–Trinajstić information content (AvgIpc) is 2.43. The minimum Gasteiger partial charge on any atom is -0.0776 e. The van der Waals surface area contributed by atoms with Crippen LogP contribution in [0.3, 0.4) is 0 Å². The fourth-order valence-electron chi connectivity index (χ4n) is 2.80. The molecule has 0 aromatic carbocycles. The first-order valence-corrected chi connectivity index (χ1v) is 9.41. The first kappa shape index (κ1) is 22.3. The van der Waals surface area contributed by atoms with Crippen LogP contribution in [0.5, 0.6) is 0 Å². The third-order valence-corrected chi connectivity index (χ3v) is 4.21. The van der Waals surface area contributed by atoms with E-state index in [9.17, 15) is 0 Å². The van der Waals surface area contributed by atoms with Crippen molar-refractivity contribution < 1.29 is 0 Å². The van der Waals surface area contributed by atoms with E-state index in [2.05, 4.69) is 13.8 Å². The van der Waals surface area contributed by atoms with E-state index in [1.54, 1.807) is 0 Å². The maximum Gasteiger partial charge on any atom is -0.0533 e. The maximum absolute atomic E-state index is 2.30. The highest BCUT2D eigenvalue weighted by Gasteiger charge is 1.94. The Labute approximate surface area is 131 Å². The highest BCUT2D eigenvalue weighted by molar-refractivity contribution is 4.49. The first-order chi connectivity index (χ1) is 9.41. The molecule has 0 rings (SSSR count). The molecule has 0 unspecified atom stereocenters. The Morgan fingerprint density at radius 1 is 0.300 bits per heavy atom. The van der Waals surface area contributed by atoms with Gasteiger partial charge >= 0.3 is 0 Å². The summed E-state index contributed by atoms with van der Waals surface area (Å²) >= 11 is 0. The van der Waals surface area contributed by atoms with Crippen LogP contribution in [0.2, 0.25) is 0 Å². The summed E-state index contributed by atoms with van der Waals surface area (Å²) < 4.78 is 0. The molecule has 0 bridgehead atoms. The molecule has 124 valence electrons. The zero-order chi connectivity index (χ0) is 14.0. The van der Waals surface area contributed by atoms with Gasteiger partial charge in [-0.3, -0.25) is 0 Å². The summed E-state index contributed by atoms with van der Waals surface area (Å²) in [6.45, 7) is 4.59. The molecule has 0 aromatic rings. The van der Waals surface area contributed by atoms with Gasteiger partial charge in [-0.05, 0) is 0 Å². The summed E-state index contributed by atoms with van der Waals surface area (Å²) in [7, 11) is 0. The largest absolute Gasteiger partial charge is 0.0776 e. The van der Waals surface area contributed by atoms with Gasteiger partial charge in [0.2, 0.25) is 0 Å². The van der Waals surface area contributed by atoms with E-state index in [-0.39, 0.29) is 7.43 Å². The van der Waals surface area contributed by atoms with E-state index in [0.29, 0.717) is 0 Å². The van der Waals surface area contributed by atoms with Crippen molar-refractivity contribution in [1.29, 1.82) is 0 Å². The number of hydrogen-bond acceptors (Lipinski definition) is 0. The predicted molar refractivity (Wildman–Crippen MR) is 96.6 cm³/mol. The quantitative estimate of drug-likeness (QED) is 0.250. The van der Waals surface area contributed by atoms with Gasteiger partial charge in [0.25, 0.3) is 0 Å². The standard InChI is InChI=1S/C19H40.CH4/c1-3-5-7-9-11-13-15-17-19-18-16-14-12-10-8-6-4-2;/h3-19H2,1-2H3;1H4. The number of hydrogen-bond donors (Lipinski definition) is 0. The molecule has 0 nitrogen and oxygen atoms in total. The minimum atomic E-state index is 0. The maximum atomic E-state index is 2.30. The minimum absolute atomic E-state index is 0. The van der Waals surface area contributed by atoms with Gasteiger partial charge in [0.1, 0.15) is 0 Å². The molecular formula is C20H44. The van der Waals surface area contributed by atoms with Gasteiger partial charge < -0.3 is 0 Å². The van der Waals surface area contributed by atoms with Gasteiger partial charge in [-0.1, -0.05) is 130 Å². The first-order valence-electron chi connectivity index (χ1n) is 9.41. The Balaban J connectivity index is 0. The van der Waals surface area contributed by atoms with Gasteiger partial charge in [0, 0.05) is 0 Å². The van der Waals surface area contributed by atoms with E-state index in [1.165, 1.54) is 109 Å². The zero-order valence-electron chi connectivity index (χ0n) is 14.0. The lowest BCUT2D eigenvalue weighted by Gasteiger charge is -2.03. The molecule has 0 fully saturated rings. The normalized spacial score (nSPS) is 10.5. The van der Waals surface area contributed by atoms with E-state index < -0.39 is 0 Å². The molecule has 0 aliphatic rings. The van der Waals surface area contributed by atoms with Crippen molar-refractivity contribution >= 4 is 0 Å². The third kappa shape index (κ3) is 20.3. The van der Waals surface area contributed by atoms with E-state index in [0.717, 1.165) is 0 Å². The molecule has 0 saturated heterocycles. The Bertz CT molecular complexity index is 123. The van der Waals surface area contributed by atoms with Crippen LogP contribution in [0.25, 0.3) is 0 Å². The molecule has 0 radical (unpaired) electrons. The van der Waals surface area contributed by atoms with Gasteiger partial charge in [-0.2, -0.15) is 0 Å². The molecule has 0 aromatic heterocycles. The molecule has 0 N–H and O–H groups in total. The molecule has 0 heteroatoms. The van der Waals surface area contributed by atoms with E-state index in [1.807, 2.05) is 0 Å². The van der Waals surface area contributed by atoms with Gasteiger partial charge in [-0.15, -0.1) is 0 Å².